The predicted octanol–water partition coefficient (Wildman–Crippen LogP) is 3.30. The first-order chi connectivity index (χ1) is 9.24. The van der Waals surface area contributed by atoms with E-state index in [-0.39, 0.29) is 0 Å². The van der Waals surface area contributed by atoms with Crippen LogP contribution >= 0.6 is 12.2 Å². The maximum atomic E-state index is 5.63. The largest absolute Gasteiger partial charge is 0.493 e. The van der Waals surface area contributed by atoms with Gasteiger partial charge in [0.2, 0.25) is 0 Å². The van der Waals surface area contributed by atoms with Crippen molar-refractivity contribution in [2.45, 2.75) is 32.6 Å². The number of hydrogen-bond donors (Lipinski definition) is 1. The number of ether oxygens (including phenoxy) is 2. The second-order valence-electron chi connectivity index (χ2n) is 4.41. The summed E-state index contributed by atoms with van der Waals surface area (Å²) < 4.78 is 11.1. The van der Waals surface area contributed by atoms with Crippen molar-refractivity contribution >= 4 is 17.2 Å². The van der Waals surface area contributed by atoms with Gasteiger partial charge in [0, 0.05) is 25.2 Å². The highest BCUT2D eigenvalue weighted by atomic mass is 32.1. The van der Waals surface area contributed by atoms with Gasteiger partial charge in [0.05, 0.1) is 6.61 Å². The lowest BCUT2D eigenvalue weighted by Gasteiger charge is -2.08. The lowest BCUT2D eigenvalue weighted by atomic mass is 10.2. The van der Waals surface area contributed by atoms with E-state index in [1.165, 1.54) is 12.8 Å². The molecule has 0 atom stereocenters. The lowest BCUT2D eigenvalue weighted by Crippen LogP contribution is -2.09. The Kier molecular flexibility index (Phi) is 8.18. The van der Waals surface area contributed by atoms with Gasteiger partial charge in [-0.2, -0.15) is 0 Å². The van der Waals surface area contributed by atoms with Crippen molar-refractivity contribution < 1.29 is 9.47 Å². The zero-order valence-electron chi connectivity index (χ0n) is 11.6. The van der Waals surface area contributed by atoms with E-state index in [0.29, 0.717) is 11.6 Å². The topological polar surface area (TPSA) is 44.5 Å². The Morgan fingerprint density at radius 3 is 2.68 bits per heavy atom. The first kappa shape index (κ1) is 15.9. The molecule has 0 aliphatic carbocycles. The van der Waals surface area contributed by atoms with Crippen molar-refractivity contribution in [3.05, 3.63) is 29.8 Å². The van der Waals surface area contributed by atoms with Crippen LogP contribution in [0.3, 0.4) is 0 Å². The highest BCUT2D eigenvalue weighted by Crippen LogP contribution is 2.13. The summed E-state index contributed by atoms with van der Waals surface area (Å²) in [6.45, 7) is 4.44. The SMILES string of the molecule is CCCCCOCCCOc1cccc(C(N)=S)c1. The van der Waals surface area contributed by atoms with Gasteiger partial charge in [-0.1, -0.05) is 44.1 Å². The number of benzene rings is 1. The highest BCUT2D eigenvalue weighted by molar-refractivity contribution is 7.80. The summed E-state index contributed by atoms with van der Waals surface area (Å²) in [7, 11) is 0. The number of rotatable bonds is 10. The second-order valence-corrected chi connectivity index (χ2v) is 4.85. The van der Waals surface area contributed by atoms with Crippen LogP contribution in [-0.2, 0) is 4.74 Å². The van der Waals surface area contributed by atoms with Gasteiger partial charge >= 0.3 is 0 Å². The molecule has 1 aromatic rings. The molecule has 0 aliphatic rings. The molecule has 0 saturated heterocycles. The average molecular weight is 281 g/mol. The summed E-state index contributed by atoms with van der Waals surface area (Å²) in [4.78, 5) is 0.393. The summed E-state index contributed by atoms with van der Waals surface area (Å²) in [5.74, 6) is 0.802. The molecule has 0 bridgehead atoms. The Morgan fingerprint density at radius 2 is 1.95 bits per heavy atom. The zero-order valence-corrected chi connectivity index (χ0v) is 12.4. The van der Waals surface area contributed by atoms with E-state index in [0.717, 1.165) is 37.4 Å². The number of unbranched alkanes of at least 4 members (excludes halogenated alkanes) is 2. The molecule has 0 aliphatic heterocycles. The first-order valence-corrected chi connectivity index (χ1v) is 7.25. The van der Waals surface area contributed by atoms with E-state index in [4.69, 9.17) is 27.4 Å². The summed E-state index contributed by atoms with van der Waals surface area (Å²) in [5, 5.41) is 0. The highest BCUT2D eigenvalue weighted by Gasteiger charge is 1.99. The van der Waals surface area contributed by atoms with E-state index in [9.17, 15) is 0 Å². The molecule has 0 amide bonds. The molecule has 0 aromatic heterocycles. The van der Waals surface area contributed by atoms with Crippen LogP contribution < -0.4 is 10.5 Å². The minimum atomic E-state index is 0.393. The fraction of sp³-hybridized carbons (Fsp3) is 0.533. The predicted molar refractivity (Wildman–Crippen MR) is 82.8 cm³/mol. The third kappa shape index (κ3) is 7.13. The minimum absolute atomic E-state index is 0.393. The van der Waals surface area contributed by atoms with E-state index in [2.05, 4.69) is 6.92 Å². The summed E-state index contributed by atoms with van der Waals surface area (Å²) in [6.07, 6.45) is 4.50. The fourth-order valence-corrected chi connectivity index (χ4v) is 1.77. The molecule has 106 valence electrons. The van der Waals surface area contributed by atoms with Gasteiger partial charge in [-0.15, -0.1) is 0 Å². The number of thiocarbonyl (C=S) groups is 1. The molecule has 1 aromatic carbocycles. The molecule has 4 heteroatoms. The zero-order chi connectivity index (χ0) is 13.9. The minimum Gasteiger partial charge on any atom is -0.493 e. The molecule has 0 heterocycles. The maximum Gasteiger partial charge on any atom is 0.119 e. The van der Waals surface area contributed by atoms with Gasteiger partial charge in [-0.25, -0.2) is 0 Å². The smallest absolute Gasteiger partial charge is 0.119 e. The van der Waals surface area contributed by atoms with E-state index >= 15 is 0 Å². The Hall–Kier alpha value is -1.13. The molecule has 1 rings (SSSR count). The average Bonchev–Trinajstić information content (AvgIpc) is 2.42. The molecule has 0 fully saturated rings. The monoisotopic (exact) mass is 281 g/mol. The first-order valence-electron chi connectivity index (χ1n) is 6.84. The van der Waals surface area contributed by atoms with Gasteiger partial charge in [0.15, 0.2) is 0 Å². The van der Waals surface area contributed by atoms with Crippen molar-refractivity contribution in [1.82, 2.24) is 0 Å². The molecule has 0 radical (unpaired) electrons. The van der Waals surface area contributed by atoms with E-state index in [1.54, 1.807) is 0 Å². The molecule has 3 nitrogen and oxygen atoms in total. The van der Waals surface area contributed by atoms with Crippen LogP contribution in [0.1, 0.15) is 38.2 Å². The molecule has 0 spiro atoms. The quantitative estimate of drug-likeness (QED) is 0.528. The van der Waals surface area contributed by atoms with Crippen LogP contribution in [0.15, 0.2) is 24.3 Å². The Balaban J connectivity index is 2.12. The van der Waals surface area contributed by atoms with Crippen LogP contribution in [0.25, 0.3) is 0 Å². The van der Waals surface area contributed by atoms with Gasteiger partial charge in [0.1, 0.15) is 10.7 Å². The Bertz CT molecular complexity index is 382. The summed E-state index contributed by atoms with van der Waals surface area (Å²) in [5.41, 5.74) is 6.41. The molecule has 2 N–H and O–H groups in total. The number of nitrogens with two attached hydrogens (primary N) is 1. The fourth-order valence-electron chi connectivity index (χ4n) is 1.65. The van der Waals surface area contributed by atoms with Crippen LogP contribution in [0, 0.1) is 0 Å². The lowest BCUT2D eigenvalue weighted by molar-refractivity contribution is 0.116. The van der Waals surface area contributed by atoms with Crippen molar-refractivity contribution in [2.24, 2.45) is 5.73 Å². The molecular weight excluding hydrogens is 258 g/mol. The summed E-state index contributed by atoms with van der Waals surface area (Å²) in [6, 6.07) is 7.55. The van der Waals surface area contributed by atoms with Crippen LogP contribution in [0.4, 0.5) is 0 Å². The molecule has 0 unspecified atom stereocenters. The van der Waals surface area contributed by atoms with Crippen LogP contribution in [0.5, 0.6) is 5.75 Å². The van der Waals surface area contributed by atoms with Gasteiger partial charge in [-0.3, -0.25) is 0 Å². The second kappa shape index (κ2) is 9.75. The summed E-state index contributed by atoms with van der Waals surface area (Å²) >= 11 is 4.93. The number of hydrogen-bond acceptors (Lipinski definition) is 3. The van der Waals surface area contributed by atoms with Crippen LogP contribution in [-0.4, -0.2) is 24.8 Å². The molecule has 0 saturated carbocycles. The van der Waals surface area contributed by atoms with E-state index in [1.807, 2.05) is 24.3 Å². The van der Waals surface area contributed by atoms with Gasteiger partial charge < -0.3 is 15.2 Å². The van der Waals surface area contributed by atoms with Crippen molar-refractivity contribution in [3.8, 4) is 5.75 Å². The third-order valence-electron chi connectivity index (χ3n) is 2.71. The Morgan fingerprint density at radius 1 is 1.16 bits per heavy atom. The van der Waals surface area contributed by atoms with Gasteiger partial charge in [0.25, 0.3) is 0 Å². The molecular formula is C15H23NO2S. The third-order valence-corrected chi connectivity index (χ3v) is 2.95. The Labute approximate surface area is 121 Å². The van der Waals surface area contributed by atoms with Crippen molar-refractivity contribution in [3.63, 3.8) is 0 Å². The normalized spacial score (nSPS) is 10.4. The maximum absolute atomic E-state index is 5.63. The van der Waals surface area contributed by atoms with E-state index < -0.39 is 0 Å². The van der Waals surface area contributed by atoms with Crippen molar-refractivity contribution in [2.75, 3.05) is 19.8 Å². The van der Waals surface area contributed by atoms with Crippen molar-refractivity contribution in [1.29, 1.82) is 0 Å². The standard InChI is InChI=1S/C15H23NO2S/c1-2-3-4-9-17-10-6-11-18-14-8-5-7-13(12-14)15(16)19/h5,7-8,12H,2-4,6,9-11H2,1H3,(H2,16,19). The van der Waals surface area contributed by atoms with Crippen LogP contribution in [0.2, 0.25) is 0 Å². The van der Waals surface area contributed by atoms with Gasteiger partial charge in [-0.05, 0) is 18.6 Å². The molecule has 19 heavy (non-hydrogen) atoms.